The van der Waals surface area contributed by atoms with Gasteiger partial charge in [-0.15, -0.1) is 0 Å². The van der Waals surface area contributed by atoms with Crippen molar-refractivity contribution in [1.82, 2.24) is 0 Å². The molecule has 0 heterocycles. The lowest BCUT2D eigenvalue weighted by Crippen LogP contribution is -2.06. The van der Waals surface area contributed by atoms with E-state index < -0.39 is 10.9 Å². The van der Waals surface area contributed by atoms with Gasteiger partial charge in [0.25, 0.3) is 5.69 Å². The average molecular weight is 270 g/mol. The molecule has 20 heavy (non-hydrogen) atoms. The van der Waals surface area contributed by atoms with E-state index >= 15 is 0 Å². The summed E-state index contributed by atoms with van der Waals surface area (Å²) >= 11 is 0. The van der Waals surface area contributed by atoms with E-state index in [0.717, 1.165) is 5.56 Å². The standard InChI is InChI=1S/C15H12NO4/c17-15(20-11-12-5-2-1-3-6-12)10-13-7-4-8-14(9-13)16(18)19/h1-10H,11H2. The molecular weight excluding hydrogens is 258 g/mol. The van der Waals surface area contributed by atoms with Crippen molar-refractivity contribution < 1.29 is 14.5 Å². The van der Waals surface area contributed by atoms with Crippen LogP contribution in [0.2, 0.25) is 0 Å². The van der Waals surface area contributed by atoms with E-state index in [4.69, 9.17) is 4.74 Å². The second-order valence-electron chi connectivity index (χ2n) is 4.09. The Labute approximate surface area is 116 Å². The highest BCUT2D eigenvalue weighted by molar-refractivity contribution is 5.83. The van der Waals surface area contributed by atoms with Crippen molar-refractivity contribution in [2.45, 2.75) is 6.61 Å². The zero-order valence-corrected chi connectivity index (χ0v) is 10.6. The maximum absolute atomic E-state index is 11.6. The van der Waals surface area contributed by atoms with Crippen molar-refractivity contribution in [3.05, 3.63) is 82.3 Å². The van der Waals surface area contributed by atoms with Gasteiger partial charge >= 0.3 is 5.97 Å². The van der Waals surface area contributed by atoms with Gasteiger partial charge in [0.05, 0.1) is 11.3 Å². The number of nitrogens with zero attached hydrogens (tertiary/aromatic N) is 1. The normalized spacial score (nSPS) is 10.0. The van der Waals surface area contributed by atoms with Crippen LogP contribution in [-0.2, 0) is 16.1 Å². The Morgan fingerprint density at radius 1 is 1.15 bits per heavy atom. The van der Waals surface area contributed by atoms with Gasteiger partial charge in [-0.2, -0.15) is 0 Å². The third-order valence-corrected chi connectivity index (χ3v) is 2.59. The van der Waals surface area contributed by atoms with Gasteiger partial charge in [0.2, 0.25) is 0 Å². The number of nitro groups is 1. The molecule has 2 rings (SSSR count). The molecule has 0 aliphatic heterocycles. The summed E-state index contributed by atoms with van der Waals surface area (Å²) in [5, 5.41) is 10.6. The van der Waals surface area contributed by atoms with Crippen LogP contribution >= 0.6 is 0 Å². The lowest BCUT2D eigenvalue weighted by Gasteiger charge is -2.04. The van der Waals surface area contributed by atoms with Gasteiger partial charge in [0, 0.05) is 12.1 Å². The summed E-state index contributed by atoms with van der Waals surface area (Å²) in [5.41, 5.74) is 1.26. The van der Waals surface area contributed by atoms with Gasteiger partial charge < -0.3 is 4.74 Å². The van der Waals surface area contributed by atoms with E-state index in [1.165, 1.54) is 24.6 Å². The Morgan fingerprint density at radius 2 is 1.90 bits per heavy atom. The molecule has 2 aromatic rings. The molecule has 2 aromatic carbocycles. The molecule has 0 spiro atoms. The number of ether oxygens (including phenoxy) is 1. The highest BCUT2D eigenvalue weighted by Gasteiger charge is 2.10. The summed E-state index contributed by atoms with van der Waals surface area (Å²) in [4.78, 5) is 21.7. The predicted molar refractivity (Wildman–Crippen MR) is 72.7 cm³/mol. The smallest absolute Gasteiger partial charge is 0.314 e. The van der Waals surface area contributed by atoms with Crippen molar-refractivity contribution in [2.24, 2.45) is 0 Å². The SMILES string of the molecule is O=C([CH]c1cccc([N+](=O)[O-])c1)OCc1ccccc1. The molecule has 0 saturated heterocycles. The molecule has 0 aliphatic carbocycles. The monoisotopic (exact) mass is 270 g/mol. The fraction of sp³-hybridized carbons (Fsp3) is 0.0667. The van der Waals surface area contributed by atoms with Crippen molar-refractivity contribution in [3.8, 4) is 0 Å². The fourth-order valence-corrected chi connectivity index (χ4v) is 1.63. The molecule has 0 atom stereocenters. The lowest BCUT2D eigenvalue weighted by molar-refractivity contribution is -0.384. The van der Waals surface area contributed by atoms with Gasteiger partial charge in [0.15, 0.2) is 0 Å². The zero-order chi connectivity index (χ0) is 14.4. The second kappa shape index (κ2) is 6.47. The maximum atomic E-state index is 11.6. The van der Waals surface area contributed by atoms with Gasteiger partial charge in [0.1, 0.15) is 6.61 Å². The number of hydrogen-bond acceptors (Lipinski definition) is 4. The molecule has 0 aromatic heterocycles. The lowest BCUT2D eigenvalue weighted by atomic mass is 10.1. The number of carbonyl (C=O) groups is 1. The number of nitro benzene ring substituents is 1. The average Bonchev–Trinajstić information content (AvgIpc) is 2.46. The summed E-state index contributed by atoms with van der Waals surface area (Å²) < 4.78 is 5.07. The Hall–Kier alpha value is -2.69. The minimum atomic E-state index is -0.533. The first kappa shape index (κ1) is 13.7. The number of non-ortho nitro benzene ring substituents is 1. The Morgan fingerprint density at radius 3 is 2.60 bits per heavy atom. The number of benzene rings is 2. The van der Waals surface area contributed by atoms with Crippen LogP contribution in [0.5, 0.6) is 0 Å². The van der Waals surface area contributed by atoms with Crippen LogP contribution in [0.4, 0.5) is 5.69 Å². The minimum absolute atomic E-state index is 0.0605. The van der Waals surface area contributed by atoms with Gasteiger partial charge in [-0.3, -0.25) is 14.9 Å². The Kier molecular flexibility index (Phi) is 4.44. The Balaban J connectivity index is 1.91. The summed E-state index contributed by atoms with van der Waals surface area (Å²) in [6, 6.07) is 15.1. The summed E-state index contributed by atoms with van der Waals surface area (Å²) in [6.45, 7) is 0.172. The van der Waals surface area contributed by atoms with Crippen LogP contribution in [0.25, 0.3) is 0 Å². The quantitative estimate of drug-likeness (QED) is 0.476. The molecule has 5 heteroatoms. The molecule has 0 N–H and O–H groups in total. The van der Waals surface area contributed by atoms with Crippen molar-refractivity contribution >= 4 is 11.7 Å². The topological polar surface area (TPSA) is 69.4 Å². The van der Waals surface area contributed by atoms with E-state index in [1.807, 2.05) is 30.3 Å². The van der Waals surface area contributed by atoms with Gasteiger partial charge in [-0.05, 0) is 11.1 Å². The molecule has 0 fully saturated rings. The Bertz CT molecular complexity index is 610. The van der Waals surface area contributed by atoms with E-state index in [0.29, 0.717) is 5.56 Å². The predicted octanol–water partition coefficient (Wildman–Crippen LogP) is 2.89. The van der Waals surface area contributed by atoms with Gasteiger partial charge in [-0.25, -0.2) is 0 Å². The second-order valence-corrected chi connectivity index (χ2v) is 4.09. The third kappa shape index (κ3) is 3.91. The van der Waals surface area contributed by atoms with E-state index in [1.54, 1.807) is 6.07 Å². The van der Waals surface area contributed by atoms with Crippen molar-refractivity contribution in [1.29, 1.82) is 0 Å². The molecule has 5 nitrogen and oxygen atoms in total. The first-order valence-corrected chi connectivity index (χ1v) is 5.95. The first-order valence-electron chi connectivity index (χ1n) is 5.95. The number of carbonyl (C=O) groups excluding carboxylic acids is 1. The molecule has 0 aliphatic rings. The van der Waals surface area contributed by atoms with Crippen LogP contribution in [0, 0.1) is 16.5 Å². The van der Waals surface area contributed by atoms with Crippen LogP contribution in [0.15, 0.2) is 54.6 Å². The first-order chi connectivity index (χ1) is 9.65. The third-order valence-electron chi connectivity index (χ3n) is 2.59. The van der Waals surface area contributed by atoms with E-state index in [-0.39, 0.29) is 12.3 Å². The van der Waals surface area contributed by atoms with Crippen LogP contribution in [0.1, 0.15) is 11.1 Å². The van der Waals surface area contributed by atoms with E-state index in [2.05, 4.69) is 0 Å². The largest absolute Gasteiger partial charge is 0.460 e. The molecular formula is C15H12NO4. The minimum Gasteiger partial charge on any atom is -0.460 e. The molecule has 101 valence electrons. The maximum Gasteiger partial charge on any atom is 0.314 e. The summed E-state index contributed by atoms with van der Waals surface area (Å²) in [6.07, 6.45) is 1.23. The van der Waals surface area contributed by atoms with Crippen molar-refractivity contribution in [3.63, 3.8) is 0 Å². The highest BCUT2D eigenvalue weighted by atomic mass is 16.6. The molecule has 0 bridgehead atoms. The molecule has 0 saturated carbocycles. The fourth-order valence-electron chi connectivity index (χ4n) is 1.63. The van der Waals surface area contributed by atoms with Crippen LogP contribution < -0.4 is 0 Å². The highest BCUT2D eigenvalue weighted by Crippen LogP contribution is 2.15. The van der Waals surface area contributed by atoms with E-state index in [9.17, 15) is 14.9 Å². The zero-order valence-electron chi connectivity index (χ0n) is 10.6. The molecule has 0 amide bonds. The van der Waals surface area contributed by atoms with Crippen LogP contribution in [-0.4, -0.2) is 10.9 Å². The van der Waals surface area contributed by atoms with Crippen molar-refractivity contribution in [2.75, 3.05) is 0 Å². The van der Waals surface area contributed by atoms with Gasteiger partial charge in [-0.1, -0.05) is 42.5 Å². The summed E-state index contributed by atoms with van der Waals surface area (Å²) in [5.74, 6) is -0.533. The van der Waals surface area contributed by atoms with Crippen LogP contribution in [0.3, 0.4) is 0 Å². The number of rotatable bonds is 5. The molecule has 1 radical (unpaired) electrons. The number of esters is 1. The summed E-state index contributed by atoms with van der Waals surface area (Å²) in [7, 11) is 0. The molecule has 0 unspecified atom stereocenters. The number of hydrogen-bond donors (Lipinski definition) is 0.